The number of hydrogen-bond donors (Lipinski definition) is 0. The molecule has 0 spiro atoms. The zero-order valence-electron chi connectivity index (χ0n) is 33.6. The molecule has 4 aromatic carbocycles. The SMILES string of the molecule is C=CCOC(=O)C(N1C(=O)[C@H]([C@@H](C)O[Si](C)(C)C(C)(C)C)[C@H]1CC(=O)c1ccc2c(c1)n(C)c(=O)n2C)=P(c1ccccc1)(c1ccccc1)c1ccccc1. The number of carbonyl (C=O) groups is 3. The molecule has 0 radical (unpaired) electrons. The van der Waals surface area contributed by atoms with Crippen LogP contribution in [-0.4, -0.2) is 64.2 Å². The summed E-state index contributed by atoms with van der Waals surface area (Å²) in [6.45, 7) is 13.2. The third-order valence-corrected chi connectivity index (χ3v) is 20.4. The van der Waals surface area contributed by atoms with Crippen molar-refractivity contribution in [1.29, 1.82) is 0 Å². The van der Waals surface area contributed by atoms with Crippen molar-refractivity contribution >= 4 is 65.2 Å². The molecule has 3 atom stereocenters. The number of likely N-dealkylation sites (tertiary alicyclic amines) is 1. The lowest BCUT2D eigenvalue weighted by atomic mass is 9.79. The molecule has 1 aromatic heterocycles. The van der Waals surface area contributed by atoms with Gasteiger partial charge in [0.15, 0.2) is 14.1 Å². The van der Waals surface area contributed by atoms with E-state index in [4.69, 9.17) is 9.16 Å². The number of ether oxygens (including phenoxy) is 1. The summed E-state index contributed by atoms with van der Waals surface area (Å²) in [6, 6.07) is 33.9. The lowest BCUT2D eigenvalue weighted by Crippen LogP contribution is -2.69. The van der Waals surface area contributed by atoms with Crippen LogP contribution >= 0.6 is 6.89 Å². The molecule has 1 amide bonds. The van der Waals surface area contributed by atoms with Crippen molar-refractivity contribution in [3.05, 3.63) is 138 Å². The highest BCUT2D eigenvalue weighted by atomic mass is 31.2. The Balaban J connectivity index is 1.64. The Morgan fingerprint density at radius 3 is 1.80 bits per heavy atom. The molecule has 0 saturated carbocycles. The van der Waals surface area contributed by atoms with Crippen LogP contribution in [0.15, 0.2) is 127 Å². The number of nitrogens with zero attached hydrogens (tertiary/aromatic N) is 3. The fourth-order valence-electron chi connectivity index (χ4n) is 7.63. The van der Waals surface area contributed by atoms with Gasteiger partial charge in [-0.2, -0.15) is 0 Å². The van der Waals surface area contributed by atoms with Gasteiger partial charge in [-0.3, -0.25) is 18.7 Å². The van der Waals surface area contributed by atoms with Crippen molar-refractivity contribution in [2.45, 2.75) is 64.4 Å². The average molecular weight is 790 g/mol. The summed E-state index contributed by atoms with van der Waals surface area (Å²) in [5, 5.41) is 2.42. The minimum atomic E-state index is -3.21. The highest BCUT2D eigenvalue weighted by molar-refractivity contribution is 7.96. The zero-order chi connectivity index (χ0) is 40.6. The van der Waals surface area contributed by atoms with E-state index in [1.807, 2.05) is 97.9 Å². The van der Waals surface area contributed by atoms with Crippen LogP contribution in [-0.2, 0) is 32.8 Å². The van der Waals surface area contributed by atoms with Crippen LogP contribution in [0.25, 0.3) is 11.0 Å². The number of hydrogen-bond acceptors (Lipinski definition) is 6. The van der Waals surface area contributed by atoms with Gasteiger partial charge in [-0.15, -0.1) is 0 Å². The van der Waals surface area contributed by atoms with Gasteiger partial charge in [-0.05, 0) is 59.2 Å². The Morgan fingerprint density at radius 2 is 1.32 bits per heavy atom. The number of aromatic nitrogens is 2. The van der Waals surface area contributed by atoms with Crippen molar-refractivity contribution < 1.29 is 23.5 Å². The van der Waals surface area contributed by atoms with Crippen LogP contribution < -0.4 is 21.6 Å². The number of carbonyl (C=O) groups excluding carboxylic acids is 3. The summed E-state index contributed by atoms with van der Waals surface area (Å²) in [5.74, 6) is -1.91. The third kappa shape index (κ3) is 7.10. The van der Waals surface area contributed by atoms with Gasteiger partial charge in [0.2, 0.25) is 5.91 Å². The second-order valence-corrected chi connectivity index (χ2v) is 24.1. The minimum absolute atomic E-state index is 0.0730. The van der Waals surface area contributed by atoms with E-state index in [-0.39, 0.29) is 40.9 Å². The molecule has 292 valence electrons. The second kappa shape index (κ2) is 15.8. The van der Waals surface area contributed by atoms with E-state index in [1.165, 1.54) is 10.6 Å². The Morgan fingerprint density at radius 1 is 0.821 bits per heavy atom. The molecule has 1 aliphatic rings. The quantitative estimate of drug-likeness (QED) is 0.0336. The van der Waals surface area contributed by atoms with E-state index in [0.29, 0.717) is 16.6 Å². The summed E-state index contributed by atoms with van der Waals surface area (Å²) in [6.07, 6.45) is 0.857. The van der Waals surface area contributed by atoms with Gasteiger partial charge in [0.25, 0.3) is 0 Å². The van der Waals surface area contributed by atoms with Gasteiger partial charge in [-0.25, -0.2) is 9.59 Å². The molecule has 1 saturated heterocycles. The topological polar surface area (TPSA) is 99.8 Å². The predicted molar refractivity (Wildman–Crippen MR) is 230 cm³/mol. The van der Waals surface area contributed by atoms with Crippen LogP contribution in [0.5, 0.6) is 0 Å². The first-order chi connectivity index (χ1) is 26.6. The van der Waals surface area contributed by atoms with Crippen LogP contribution in [0.2, 0.25) is 18.1 Å². The molecule has 2 heterocycles. The van der Waals surface area contributed by atoms with Crippen LogP contribution in [0, 0.1) is 5.92 Å². The Bertz CT molecular complexity index is 2290. The normalized spacial score (nSPS) is 16.6. The van der Waals surface area contributed by atoms with E-state index in [2.05, 4.69) is 40.4 Å². The fraction of sp³-hybridized carbons (Fsp3) is 0.311. The highest BCUT2D eigenvalue weighted by Gasteiger charge is 2.57. The lowest BCUT2D eigenvalue weighted by Gasteiger charge is -2.53. The third-order valence-electron chi connectivity index (χ3n) is 11.5. The monoisotopic (exact) mass is 789 g/mol. The van der Waals surface area contributed by atoms with E-state index < -0.39 is 39.2 Å². The minimum Gasteiger partial charge on any atom is -0.457 e. The fourth-order valence-corrected chi connectivity index (χ4v) is 13.5. The second-order valence-electron chi connectivity index (χ2n) is 16.0. The number of esters is 1. The summed E-state index contributed by atoms with van der Waals surface area (Å²) in [7, 11) is 0.983. The molecule has 0 bridgehead atoms. The van der Waals surface area contributed by atoms with Gasteiger partial charge < -0.3 is 14.1 Å². The molecule has 1 fully saturated rings. The van der Waals surface area contributed by atoms with Crippen LogP contribution in [0.1, 0.15) is 44.5 Å². The maximum absolute atomic E-state index is 15.2. The molecule has 6 rings (SSSR count). The van der Waals surface area contributed by atoms with Crippen molar-refractivity contribution in [3.8, 4) is 0 Å². The Hall–Kier alpha value is -5.02. The highest BCUT2D eigenvalue weighted by Crippen LogP contribution is 2.51. The molecule has 5 aromatic rings. The molecule has 1 aliphatic heterocycles. The smallest absolute Gasteiger partial charge is 0.356 e. The number of Topliss-reactive ketones (excluding diaryl/α,β-unsaturated/α-hetero) is 1. The molecule has 9 nitrogen and oxygen atoms in total. The van der Waals surface area contributed by atoms with E-state index in [9.17, 15) is 14.4 Å². The Labute approximate surface area is 330 Å². The number of rotatable bonds is 13. The number of benzene rings is 4. The summed E-state index contributed by atoms with van der Waals surface area (Å²) in [5.41, 5.74) is 1.73. The van der Waals surface area contributed by atoms with Crippen LogP contribution in [0.4, 0.5) is 0 Å². The maximum atomic E-state index is 15.2. The summed E-state index contributed by atoms with van der Waals surface area (Å²) >= 11 is 0. The van der Waals surface area contributed by atoms with Gasteiger partial charge in [-0.1, -0.05) is 124 Å². The summed E-state index contributed by atoms with van der Waals surface area (Å²) in [4.78, 5) is 59.1. The van der Waals surface area contributed by atoms with Crippen molar-refractivity contribution in [1.82, 2.24) is 14.0 Å². The van der Waals surface area contributed by atoms with Crippen molar-refractivity contribution in [3.63, 3.8) is 0 Å². The lowest BCUT2D eigenvalue weighted by molar-refractivity contribution is -0.156. The zero-order valence-corrected chi connectivity index (χ0v) is 35.5. The van der Waals surface area contributed by atoms with Crippen molar-refractivity contribution in [2.24, 2.45) is 20.0 Å². The van der Waals surface area contributed by atoms with Gasteiger partial charge in [0, 0.05) is 33.0 Å². The molecule has 0 N–H and O–H groups in total. The maximum Gasteiger partial charge on any atom is 0.356 e. The first kappa shape index (κ1) is 40.6. The van der Waals surface area contributed by atoms with E-state index in [0.717, 1.165) is 15.9 Å². The number of β-lactam (4-membered cyclic amide) rings is 1. The molecule has 0 aliphatic carbocycles. The molecule has 0 unspecified atom stereocenters. The van der Waals surface area contributed by atoms with Crippen LogP contribution in [0.3, 0.4) is 0 Å². The van der Waals surface area contributed by atoms with Gasteiger partial charge in [0.1, 0.15) is 12.0 Å². The standard InChI is InChI=1S/C45H52N3O6PSi/c1-10-28-53-43(51)42(55(33-20-14-11-15-21-33,34-22-16-12-17-23-34)35-24-18-13-19-25-35)48-38(40(41(48)50)31(2)54-56(8,9)45(3,4)5)30-39(49)32-26-27-36-37(29-32)47(7)44(52)46(36)6/h10-27,29,31,38,40H,1,28,30H2,2-9H3/t31-,38-,40-/m1/s1. The molecule has 56 heavy (non-hydrogen) atoms. The molecular formula is C45H52N3O6PSi. The number of ketones is 1. The Kier molecular flexibility index (Phi) is 11.5. The first-order valence-electron chi connectivity index (χ1n) is 19.0. The first-order valence-corrected chi connectivity index (χ1v) is 23.7. The predicted octanol–water partition coefficient (Wildman–Crippen LogP) is 6.54. The van der Waals surface area contributed by atoms with E-state index >= 15 is 4.79 Å². The number of aryl methyl sites for hydroxylation is 2. The van der Waals surface area contributed by atoms with Crippen molar-refractivity contribution in [2.75, 3.05) is 6.61 Å². The average Bonchev–Trinajstić information content (AvgIpc) is 3.40. The molecule has 11 heteroatoms. The number of amides is 1. The number of fused-ring (bicyclic) bond motifs is 1. The summed E-state index contributed by atoms with van der Waals surface area (Å²) < 4.78 is 15.9. The molecular weight excluding hydrogens is 738 g/mol. The largest absolute Gasteiger partial charge is 0.457 e. The van der Waals surface area contributed by atoms with Gasteiger partial charge in [0.05, 0.1) is 29.1 Å². The van der Waals surface area contributed by atoms with Gasteiger partial charge >= 0.3 is 11.7 Å². The number of imidazole rings is 1. The van der Waals surface area contributed by atoms with E-state index in [1.54, 1.807) is 41.8 Å².